The van der Waals surface area contributed by atoms with Gasteiger partial charge in [-0.2, -0.15) is 0 Å². The molecule has 0 aliphatic rings. The fourth-order valence-electron chi connectivity index (χ4n) is 3.52. The first-order valence-electron chi connectivity index (χ1n) is 13.6. The molecule has 216 valence electrons. The molecule has 0 radical (unpaired) electrons. The van der Waals surface area contributed by atoms with E-state index in [-0.39, 0.29) is 52.8 Å². The molecule has 0 aromatic rings. The van der Waals surface area contributed by atoms with Crippen LogP contribution in [0, 0.1) is 16.7 Å². The van der Waals surface area contributed by atoms with Crippen LogP contribution in [-0.4, -0.2) is 68.5 Å². The van der Waals surface area contributed by atoms with Crippen LogP contribution in [0.15, 0.2) is 0 Å². The molecule has 7 nitrogen and oxygen atoms in total. The molecule has 0 heterocycles. The van der Waals surface area contributed by atoms with E-state index in [4.69, 9.17) is 29.4 Å². The van der Waals surface area contributed by atoms with Gasteiger partial charge in [0, 0.05) is 6.61 Å². The summed E-state index contributed by atoms with van der Waals surface area (Å²) in [6.07, 6.45) is 1.91. The summed E-state index contributed by atoms with van der Waals surface area (Å²) >= 11 is 0. The van der Waals surface area contributed by atoms with Crippen LogP contribution in [-0.2, 0) is 28.5 Å². The molecule has 1 unspecified atom stereocenters. The number of rotatable bonds is 19. The lowest BCUT2D eigenvalue weighted by molar-refractivity contribution is -0.166. The van der Waals surface area contributed by atoms with E-state index in [0.29, 0.717) is 19.8 Å². The van der Waals surface area contributed by atoms with Crippen molar-refractivity contribution in [3.63, 3.8) is 0 Å². The normalized spacial score (nSPS) is 14.9. The number of nitrogens with two attached hydrogens (primary N) is 1. The van der Waals surface area contributed by atoms with Crippen LogP contribution in [0.4, 0.5) is 0 Å². The maximum absolute atomic E-state index is 11.1. The quantitative estimate of drug-likeness (QED) is 0.172. The zero-order valence-electron chi connectivity index (χ0n) is 25.8. The molecule has 0 bridgehead atoms. The summed E-state index contributed by atoms with van der Waals surface area (Å²) in [6, 6.07) is 0. The van der Waals surface area contributed by atoms with Crippen molar-refractivity contribution in [2.45, 2.75) is 126 Å². The first kappa shape index (κ1) is 35.3. The van der Waals surface area contributed by atoms with Crippen LogP contribution in [0.25, 0.3) is 0 Å². The van der Waals surface area contributed by atoms with E-state index >= 15 is 0 Å². The molecule has 0 aliphatic heterocycles. The van der Waals surface area contributed by atoms with E-state index < -0.39 is 5.97 Å². The standard InChI is InChI=1S/C29H59NO6/c1-22(2)32-16-14-25(4,5)28(10,11)36-21-23(3)27(8,9)29(12,13)35-17-15-26(6,7)34-19-18-33-24(31)20-30/h22-23H,14-21,30H2,1-13H3. The highest BCUT2D eigenvalue weighted by Crippen LogP contribution is 2.43. The van der Waals surface area contributed by atoms with Gasteiger partial charge in [0.05, 0.1) is 49.3 Å². The van der Waals surface area contributed by atoms with Crippen molar-refractivity contribution >= 4 is 5.97 Å². The largest absolute Gasteiger partial charge is 0.462 e. The van der Waals surface area contributed by atoms with Gasteiger partial charge in [-0.05, 0) is 85.0 Å². The summed E-state index contributed by atoms with van der Waals surface area (Å²) in [7, 11) is 0. The Hall–Kier alpha value is -0.730. The summed E-state index contributed by atoms with van der Waals surface area (Å²) in [5.74, 6) is -0.148. The minimum absolute atomic E-state index is 0.0218. The molecule has 0 aromatic heterocycles. The van der Waals surface area contributed by atoms with Crippen molar-refractivity contribution in [1.82, 2.24) is 0 Å². The number of ether oxygens (including phenoxy) is 5. The van der Waals surface area contributed by atoms with Crippen molar-refractivity contribution < 1.29 is 28.5 Å². The Kier molecular flexibility index (Phi) is 14.1. The van der Waals surface area contributed by atoms with Crippen molar-refractivity contribution in [2.24, 2.45) is 22.5 Å². The highest BCUT2D eigenvalue weighted by Gasteiger charge is 2.44. The van der Waals surface area contributed by atoms with Crippen molar-refractivity contribution in [3.05, 3.63) is 0 Å². The molecule has 0 amide bonds. The second kappa shape index (κ2) is 14.4. The summed E-state index contributed by atoms with van der Waals surface area (Å²) in [5.41, 5.74) is 4.05. The summed E-state index contributed by atoms with van der Waals surface area (Å²) in [6.45, 7) is 30.5. The number of hydrogen-bond acceptors (Lipinski definition) is 7. The monoisotopic (exact) mass is 517 g/mol. The van der Waals surface area contributed by atoms with E-state index in [0.717, 1.165) is 19.4 Å². The van der Waals surface area contributed by atoms with Gasteiger partial charge < -0.3 is 29.4 Å². The van der Waals surface area contributed by atoms with Gasteiger partial charge in [-0.1, -0.05) is 34.6 Å². The van der Waals surface area contributed by atoms with E-state index in [1.54, 1.807) is 0 Å². The highest BCUT2D eigenvalue weighted by molar-refractivity contribution is 5.71. The third-order valence-electron chi connectivity index (χ3n) is 8.46. The molecule has 0 rings (SSSR count). The Morgan fingerprint density at radius 1 is 0.722 bits per heavy atom. The van der Waals surface area contributed by atoms with Crippen LogP contribution >= 0.6 is 0 Å². The van der Waals surface area contributed by atoms with Gasteiger partial charge in [0.25, 0.3) is 0 Å². The van der Waals surface area contributed by atoms with Crippen molar-refractivity contribution in [2.75, 3.05) is 39.6 Å². The van der Waals surface area contributed by atoms with Gasteiger partial charge in [0.15, 0.2) is 0 Å². The zero-order valence-corrected chi connectivity index (χ0v) is 25.8. The third kappa shape index (κ3) is 11.8. The first-order chi connectivity index (χ1) is 16.2. The SMILES string of the molecule is CC(C)OCCC(C)(C)C(C)(C)OCC(C)C(C)(C)C(C)(C)OCCC(C)(C)OCCOC(=O)CN. The zero-order chi connectivity index (χ0) is 28.4. The van der Waals surface area contributed by atoms with E-state index in [1.165, 1.54) is 0 Å². The number of carbonyl (C=O) groups is 1. The summed E-state index contributed by atoms with van der Waals surface area (Å²) < 4.78 is 29.7. The smallest absolute Gasteiger partial charge is 0.319 e. The van der Waals surface area contributed by atoms with Crippen LogP contribution in [0.2, 0.25) is 0 Å². The van der Waals surface area contributed by atoms with Crippen LogP contribution in [0.5, 0.6) is 0 Å². The Morgan fingerprint density at radius 3 is 1.83 bits per heavy atom. The Morgan fingerprint density at radius 2 is 1.31 bits per heavy atom. The lowest BCUT2D eigenvalue weighted by Gasteiger charge is -2.48. The van der Waals surface area contributed by atoms with Gasteiger partial charge in [-0.25, -0.2) is 0 Å². The lowest BCUT2D eigenvalue weighted by Crippen LogP contribution is -2.49. The molecule has 7 heteroatoms. The van der Waals surface area contributed by atoms with Gasteiger partial charge in [0.1, 0.15) is 6.61 Å². The highest BCUT2D eigenvalue weighted by atomic mass is 16.6. The Balaban J connectivity index is 4.82. The van der Waals surface area contributed by atoms with Crippen LogP contribution < -0.4 is 5.73 Å². The van der Waals surface area contributed by atoms with Crippen molar-refractivity contribution in [1.29, 1.82) is 0 Å². The number of esters is 1. The van der Waals surface area contributed by atoms with Gasteiger partial charge in [-0.3, -0.25) is 4.79 Å². The minimum Gasteiger partial charge on any atom is -0.462 e. The Labute approximate surface area is 222 Å². The molecule has 36 heavy (non-hydrogen) atoms. The van der Waals surface area contributed by atoms with Crippen molar-refractivity contribution in [3.8, 4) is 0 Å². The first-order valence-corrected chi connectivity index (χ1v) is 13.6. The number of hydrogen-bond donors (Lipinski definition) is 1. The van der Waals surface area contributed by atoms with Gasteiger partial charge in [0.2, 0.25) is 0 Å². The fraction of sp³-hybridized carbons (Fsp3) is 0.966. The molecule has 0 spiro atoms. The molecule has 0 aliphatic carbocycles. The molecular weight excluding hydrogens is 458 g/mol. The summed E-state index contributed by atoms with van der Waals surface area (Å²) in [5, 5.41) is 0. The average Bonchev–Trinajstić information content (AvgIpc) is 2.73. The lowest BCUT2D eigenvalue weighted by atomic mass is 9.68. The predicted octanol–water partition coefficient (Wildman–Crippen LogP) is 5.77. The Bertz CT molecular complexity index is 640. The molecule has 2 N–H and O–H groups in total. The molecule has 0 aromatic carbocycles. The van der Waals surface area contributed by atoms with E-state index in [2.05, 4.69) is 76.2 Å². The average molecular weight is 518 g/mol. The van der Waals surface area contributed by atoms with Crippen LogP contribution in [0.3, 0.4) is 0 Å². The van der Waals surface area contributed by atoms with E-state index in [1.807, 2.05) is 13.8 Å². The molecule has 0 fully saturated rings. The topological polar surface area (TPSA) is 89.2 Å². The predicted molar refractivity (Wildman–Crippen MR) is 147 cm³/mol. The molecular formula is C29H59NO6. The van der Waals surface area contributed by atoms with Crippen LogP contribution in [0.1, 0.15) is 103 Å². The van der Waals surface area contributed by atoms with E-state index in [9.17, 15) is 4.79 Å². The molecule has 1 atom stereocenters. The maximum Gasteiger partial charge on any atom is 0.319 e. The second-order valence-electron chi connectivity index (χ2n) is 13.1. The third-order valence-corrected chi connectivity index (χ3v) is 8.46. The fourth-order valence-corrected chi connectivity index (χ4v) is 3.52. The maximum atomic E-state index is 11.1. The molecule has 0 saturated carbocycles. The second-order valence-corrected chi connectivity index (χ2v) is 13.1. The van der Waals surface area contributed by atoms with Gasteiger partial charge in [-0.15, -0.1) is 0 Å². The molecule has 0 saturated heterocycles. The van der Waals surface area contributed by atoms with Gasteiger partial charge >= 0.3 is 5.97 Å². The number of carbonyl (C=O) groups excluding carboxylic acids is 1. The minimum atomic E-state index is -0.422. The summed E-state index contributed by atoms with van der Waals surface area (Å²) in [4.78, 5) is 11.1.